The van der Waals surface area contributed by atoms with E-state index in [-0.39, 0.29) is 29.4 Å². The zero-order valence-electron chi connectivity index (χ0n) is 15.4. The summed E-state index contributed by atoms with van der Waals surface area (Å²) in [5.41, 5.74) is 2.79. The summed E-state index contributed by atoms with van der Waals surface area (Å²) in [5, 5.41) is 0. The van der Waals surface area contributed by atoms with Gasteiger partial charge in [-0.1, -0.05) is 0 Å². The van der Waals surface area contributed by atoms with Gasteiger partial charge in [-0.05, 0) is 32.8 Å². The smallest absolute Gasteiger partial charge is 0.218 e. The quantitative estimate of drug-likeness (QED) is 0.721. The summed E-state index contributed by atoms with van der Waals surface area (Å²) in [5.74, 6) is 0.526. The second-order valence-corrected chi connectivity index (χ2v) is 9.77. The molecule has 0 saturated carbocycles. The lowest BCUT2D eigenvalue weighted by Gasteiger charge is -2.26. The van der Waals surface area contributed by atoms with Crippen molar-refractivity contribution in [2.24, 2.45) is 7.05 Å². The summed E-state index contributed by atoms with van der Waals surface area (Å²) < 4.78 is 31.6. The molecule has 0 spiro atoms. The number of aryl methyl sites for hydroxylation is 1. The van der Waals surface area contributed by atoms with Gasteiger partial charge in [-0.2, -0.15) is 0 Å². The van der Waals surface area contributed by atoms with Gasteiger partial charge >= 0.3 is 0 Å². The van der Waals surface area contributed by atoms with Gasteiger partial charge in [0.2, 0.25) is 5.78 Å². The summed E-state index contributed by atoms with van der Waals surface area (Å²) in [6, 6.07) is 1.94. The van der Waals surface area contributed by atoms with Crippen molar-refractivity contribution in [2.75, 3.05) is 31.2 Å². The van der Waals surface area contributed by atoms with Crippen LogP contribution in [0.1, 0.15) is 41.0 Å². The third kappa shape index (κ3) is 4.15. The van der Waals surface area contributed by atoms with Crippen molar-refractivity contribution in [3.63, 3.8) is 0 Å². The van der Waals surface area contributed by atoms with Gasteiger partial charge in [0, 0.05) is 37.0 Å². The number of rotatable bonds is 6. The molecule has 0 aliphatic carbocycles. The normalized spacial score (nSPS) is 26.8. The van der Waals surface area contributed by atoms with Crippen LogP contribution >= 0.6 is 0 Å². The molecule has 3 rings (SSSR count). The molecule has 140 valence electrons. The minimum atomic E-state index is -2.96. The average Bonchev–Trinajstić information content (AvgIpc) is 3.24. The first-order chi connectivity index (χ1) is 11.8. The Labute approximate surface area is 150 Å². The number of Topliss-reactive ketones (excluding diaryl/α,β-unsaturated/α-hetero) is 1. The molecule has 2 fully saturated rings. The molecule has 1 unspecified atom stereocenters. The lowest BCUT2D eigenvalue weighted by molar-refractivity contribution is -0.916. The van der Waals surface area contributed by atoms with Crippen molar-refractivity contribution in [3.05, 3.63) is 23.0 Å². The van der Waals surface area contributed by atoms with Gasteiger partial charge < -0.3 is 14.2 Å². The minimum absolute atomic E-state index is 0.00302. The van der Waals surface area contributed by atoms with Crippen LogP contribution in [0, 0.1) is 13.8 Å². The number of nitrogens with one attached hydrogen (secondary N) is 1. The Morgan fingerprint density at radius 2 is 2.12 bits per heavy atom. The first-order valence-electron chi connectivity index (χ1n) is 9.09. The second kappa shape index (κ2) is 7.21. The zero-order chi connectivity index (χ0) is 18.2. The molecular weight excluding hydrogens is 340 g/mol. The van der Waals surface area contributed by atoms with Gasteiger partial charge in [0.15, 0.2) is 9.84 Å². The van der Waals surface area contributed by atoms with Crippen LogP contribution in [0.15, 0.2) is 6.07 Å². The number of hydrogen-bond donors (Lipinski definition) is 1. The van der Waals surface area contributed by atoms with E-state index in [0.717, 1.165) is 47.8 Å². The third-order valence-corrected chi connectivity index (χ3v) is 7.55. The van der Waals surface area contributed by atoms with Gasteiger partial charge in [-0.3, -0.25) is 4.79 Å². The molecule has 0 bridgehead atoms. The summed E-state index contributed by atoms with van der Waals surface area (Å²) in [4.78, 5) is 14.0. The Hall–Kier alpha value is -1.18. The van der Waals surface area contributed by atoms with E-state index >= 15 is 0 Å². The molecule has 3 atom stereocenters. The lowest BCUT2D eigenvalue weighted by Crippen LogP contribution is -3.17. The second-order valence-electron chi connectivity index (χ2n) is 7.54. The van der Waals surface area contributed by atoms with Crippen LogP contribution in [0.4, 0.5) is 0 Å². The van der Waals surface area contributed by atoms with Crippen LogP contribution in [0.5, 0.6) is 0 Å². The number of quaternary nitrogens is 1. The number of ketones is 1. The molecule has 0 amide bonds. The van der Waals surface area contributed by atoms with Crippen molar-refractivity contribution in [3.8, 4) is 0 Å². The molecular formula is C18H29N2O4S+. The number of hydrogen-bond acceptors (Lipinski definition) is 4. The zero-order valence-corrected chi connectivity index (χ0v) is 16.2. The molecule has 25 heavy (non-hydrogen) atoms. The van der Waals surface area contributed by atoms with E-state index in [1.807, 2.05) is 31.5 Å². The van der Waals surface area contributed by atoms with E-state index in [1.165, 1.54) is 0 Å². The van der Waals surface area contributed by atoms with Crippen LogP contribution < -0.4 is 4.90 Å². The number of ether oxygens (including phenoxy) is 1. The summed E-state index contributed by atoms with van der Waals surface area (Å²) in [7, 11) is -1.00. The molecule has 7 heteroatoms. The molecule has 0 aromatic carbocycles. The molecule has 6 nitrogen and oxygen atoms in total. The van der Waals surface area contributed by atoms with E-state index in [1.54, 1.807) is 0 Å². The summed E-state index contributed by atoms with van der Waals surface area (Å²) >= 11 is 0. The Balaban J connectivity index is 1.76. The van der Waals surface area contributed by atoms with Crippen LogP contribution in [0.2, 0.25) is 0 Å². The van der Waals surface area contributed by atoms with E-state index in [4.69, 9.17) is 4.74 Å². The van der Waals surface area contributed by atoms with E-state index in [0.29, 0.717) is 13.0 Å². The number of aromatic nitrogens is 1. The fraction of sp³-hybridized carbons (Fsp3) is 0.722. The monoisotopic (exact) mass is 369 g/mol. The SMILES string of the molecule is Cc1cc(C(=O)C[NH+](C[C@H]2CCCO2)[C@@H]2CCS(=O)(=O)C2)c(C)n1C. The average molecular weight is 370 g/mol. The first kappa shape index (κ1) is 18.6. The highest BCUT2D eigenvalue weighted by Crippen LogP contribution is 2.15. The largest absolute Gasteiger partial charge is 0.372 e. The molecule has 3 heterocycles. The van der Waals surface area contributed by atoms with Gasteiger partial charge in [0.05, 0.1) is 5.75 Å². The number of carbonyl (C=O) groups excluding carboxylic acids is 1. The van der Waals surface area contributed by atoms with Crippen molar-refractivity contribution in [1.29, 1.82) is 0 Å². The molecule has 2 saturated heterocycles. The van der Waals surface area contributed by atoms with Crippen molar-refractivity contribution in [2.45, 2.75) is 45.3 Å². The lowest BCUT2D eigenvalue weighted by atomic mass is 10.1. The number of carbonyl (C=O) groups is 1. The molecule has 0 radical (unpaired) electrons. The highest BCUT2D eigenvalue weighted by Gasteiger charge is 2.38. The first-order valence-corrected chi connectivity index (χ1v) is 10.9. The fourth-order valence-electron chi connectivity index (χ4n) is 4.04. The van der Waals surface area contributed by atoms with Crippen LogP contribution in [-0.2, 0) is 21.6 Å². The van der Waals surface area contributed by atoms with Crippen LogP contribution in [0.3, 0.4) is 0 Å². The highest BCUT2D eigenvalue weighted by atomic mass is 32.2. The maximum absolute atomic E-state index is 12.9. The summed E-state index contributed by atoms with van der Waals surface area (Å²) in [6.45, 7) is 5.78. The molecule has 2 aliphatic heterocycles. The van der Waals surface area contributed by atoms with Crippen molar-refractivity contribution in [1.82, 2.24) is 4.57 Å². The van der Waals surface area contributed by atoms with Gasteiger partial charge in [0.1, 0.15) is 31.0 Å². The Morgan fingerprint density at radius 1 is 1.36 bits per heavy atom. The minimum Gasteiger partial charge on any atom is -0.372 e. The maximum atomic E-state index is 12.9. The summed E-state index contributed by atoms with van der Waals surface area (Å²) in [6.07, 6.45) is 2.83. The van der Waals surface area contributed by atoms with Gasteiger partial charge in [-0.15, -0.1) is 0 Å². The van der Waals surface area contributed by atoms with Gasteiger partial charge in [-0.25, -0.2) is 8.42 Å². The Kier molecular flexibility index (Phi) is 5.37. The Morgan fingerprint density at radius 3 is 2.64 bits per heavy atom. The van der Waals surface area contributed by atoms with Gasteiger partial charge in [0.25, 0.3) is 0 Å². The third-order valence-electron chi connectivity index (χ3n) is 5.79. The fourth-order valence-corrected chi connectivity index (χ4v) is 5.86. The van der Waals surface area contributed by atoms with E-state index in [9.17, 15) is 13.2 Å². The van der Waals surface area contributed by atoms with Crippen LogP contribution in [0.25, 0.3) is 0 Å². The predicted octanol–water partition coefficient (Wildman–Crippen LogP) is 0.0756. The van der Waals surface area contributed by atoms with E-state index < -0.39 is 9.84 Å². The molecule has 1 aromatic rings. The highest BCUT2D eigenvalue weighted by molar-refractivity contribution is 7.91. The standard InChI is InChI=1S/C18H28N2O4S/c1-13-9-17(14(2)19(13)3)18(21)11-20(10-16-5-4-7-24-16)15-6-8-25(22,23)12-15/h9,15-16H,4-8,10-12H2,1-3H3/p+1/t15-,16-/m1/s1. The number of sulfone groups is 1. The molecule has 1 aromatic heterocycles. The van der Waals surface area contributed by atoms with E-state index in [2.05, 4.69) is 0 Å². The van der Waals surface area contributed by atoms with Crippen molar-refractivity contribution < 1.29 is 22.8 Å². The van der Waals surface area contributed by atoms with Crippen molar-refractivity contribution >= 4 is 15.6 Å². The topological polar surface area (TPSA) is 69.8 Å². The molecule has 1 N–H and O–H groups in total. The maximum Gasteiger partial charge on any atom is 0.218 e. The van der Waals surface area contributed by atoms with Crippen LogP contribution in [-0.4, -0.2) is 62.1 Å². The Bertz CT molecular complexity index is 747. The molecule has 2 aliphatic rings. The predicted molar refractivity (Wildman–Crippen MR) is 95.9 cm³/mol. The number of nitrogens with zero attached hydrogens (tertiary/aromatic N) is 1.